The molecule has 0 unspecified atom stereocenters. The lowest BCUT2D eigenvalue weighted by atomic mass is 10.1. The van der Waals surface area contributed by atoms with Gasteiger partial charge in [0.15, 0.2) is 0 Å². The summed E-state index contributed by atoms with van der Waals surface area (Å²) < 4.78 is 1.01. The van der Waals surface area contributed by atoms with Crippen molar-refractivity contribution >= 4 is 49.5 Å². The molecule has 6 heteroatoms. The van der Waals surface area contributed by atoms with Gasteiger partial charge in [-0.1, -0.05) is 15.9 Å². The van der Waals surface area contributed by atoms with E-state index in [1.165, 1.54) is 0 Å². The van der Waals surface area contributed by atoms with Crippen LogP contribution in [0.3, 0.4) is 0 Å². The van der Waals surface area contributed by atoms with Gasteiger partial charge in [0.05, 0.1) is 34.3 Å². The summed E-state index contributed by atoms with van der Waals surface area (Å²) in [7, 11) is 0. The van der Waals surface area contributed by atoms with Crippen LogP contribution in [0.4, 0.5) is 11.4 Å². The second kappa shape index (κ2) is 5.76. The fraction of sp³-hybridized carbons (Fsp3) is 0.143. The first-order valence-corrected chi connectivity index (χ1v) is 7.92. The van der Waals surface area contributed by atoms with E-state index in [1.807, 2.05) is 23.7 Å². The molecule has 0 aliphatic carbocycles. The highest BCUT2D eigenvalue weighted by molar-refractivity contribution is 9.10. The number of nitrogens with two attached hydrogens (primary N) is 1. The molecule has 1 aromatic carbocycles. The second-order valence-corrected chi connectivity index (χ2v) is 6.04. The number of pyridine rings is 1. The maximum atomic E-state index is 6.04. The molecule has 0 atom stereocenters. The third-order valence-corrected chi connectivity index (χ3v) is 4.15. The lowest BCUT2D eigenvalue weighted by molar-refractivity contribution is 0.979. The molecule has 102 valence electrons. The Morgan fingerprint density at radius 3 is 3.00 bits per heavy atom. The zero-order chi connectivity index (χ0) is 13.9. The number of benzene rings is 1. The number of nitrogens with one attached hydrogen (secondary N) is 1. The topological polar surface area (TPSA) is 63.8 Å². The third-order valence-electron chi connectivity index (χ3n) is 3.03. The van der Waals surface area contributed by atoms with Crippen molar-refractivity contribution in [3.05, 3.63) is 45.5 Å². The first kappa shape index (κ1) is 13.3. The zero-order valence-corrected chi connectivity index (χ0v) is 13.0. The molecule has 2 heterocycles. The van der Waals surface area contributed by atoms with Crippen molar-refractivity contribution in [2.24, 2.45) is 0 Å². The molecule has 3 N–H and O–H groups in total. The lowest BCUT2D eigenvalue weighted by Gasteiger charge is -2.12. The fourth-order valence-corrected chi connectivity index (χ4v) is 3.01. The summed E-state index contributed by atoms with van der Waals surface area (Å²) in [5.74, 6) is 0. The standard InChI is InChI=1S/C14H13BrN4S/c15-9-1-2-13-11(5-9)14(12(16)6-18-13)17-4-3-10-7-20-8-19-10/h1-2,5-8H,3-4,16H2,(H,17,18). The zero-order valence-electron chi connectivity index (χ0n) is 10.6. The average molecular weight is 349 g/mol. The predicted octanol–water partition coefficient (Wildman–Crippen LogP) is 3.69. The number of nitrogens with zero attached hydrogens (tertiary/aromatic N) is 2. The van der Waals surface area contributed by atoms with Crippen molar-refractivity contribution in [1.82, 2.24) is 9.97 Å². The van der Waals surface area contributed by atoms with E-state index in [-0.39, 0.29) is 0 Å². The number of rotatable bonds is 4. The van der Waals surface area contributed by atoms with Gasteiger partial charge in [-0.05, 0) is 18.2 Å². The largest absolute Gasteiger partial charge is 0.396 e. The molecule has 2 aromatic heterocycles. The summed E-state index contributed by atoms with van der Waals surface area (Å²) >= 11 is 5.10. The van der Waals surface area contributed by atoms with Crippen molar-refractivity contribution in [2.75, 3.05) is 17.6 Å². The molecule has 0 spiro atoms. The molecule has 20 heavy (non-hydrogen) atoms. The van der Waals surface area contributed by atoms with E-state index in [1.54, 1.807) is 17.5 Å². The number of aromatic nitrogens is 2. The van der Waals surface area contributed by atoms with Crippen molar-refractivity contribution in [3.8, 4) is 0 Å². The van der Waals surface area contributed by atoms with E-state index >= 15 is 0 Å². The summed E-state index contributed by atoms with van der Waals surface area (Å²) in [6.45, 7) is 0.791. The minimum Gasteiger partial charge on any atom is -0.396 e. The third kappa shape index (κ3) is 2.76. The highest BCUT2D eigenvalue weighted by Crippen LogP contribution is 2.29. The van der Waals surface area contributed by atoms with Gasteiger partial charge in [-0.2, -0.15) is 0 Å². The first-order valence-electron chi connectivity index (χ1n) is 6.19. The van der Waals surface area contributed by atoms with Gasteiger partial charge in [0.2, 0.25) is 0 Å². The van der Waals surface area contributed by atoms with Crippen LogP contribution in [0.15, 0.2) is 39.8 Å². The second-order valence-electron chi connectivity index (χ2n) is 4.41. The molecule has 0 amide bonds. The number of nitrogen functional groups attached to an aromatic ring is 1. The monoisotopic (exact) mass is 348 g/mol. The number of anilines is 2. The quantitative estimate of drug-likeness (QED) is 0.754. The summed E-state index contributed by atoms with van der Waals surface area (Å²) in [5.41, 5.74) is 11.5. The predicted molar refractivity (Wildman–Crippen MR) is 88.2 cm³/mol. The Bertz CT molecular complexity index is 722. The number of fused-ring (bicyclic) bond motifs is 1. The van der Waals surface area contributed by atoms with E-state index in [0.717, 1.165) is 39.7 Å². The molecule has 0 aliphatic rings. The highest BCUT2D eigenvalue weighted by atomic mass is 79.9. The SMILES string of the molecule is Nc1cnc2ccc(Br)cc2c1NCCc1cscn1. The van der Waals surface area contributed by atoms with Crippen LogP contribution in [-0.4, -0.2) is 16.5 Å². The minimum atomic E-state index is 0.661. The fourth-order valence-electron chi connectivity index (χ4n) is 2.05. The minimum absolute atomic E-state index is 0.661. The maximum absolute atomic E-state index is 6.04. The smallest absolute Gasteiger partial charge is 0.0794 e. The molecule has 3 aromatic rings. The normalized spacial score (nSPS) is 10.8. The van der Waals surface area contributed by atoms with Crippen LogP contribution in [0.25, 0.3) is 10.9 Å². The van der Waals surface area contributed by atoms with Crippen LogP contribution in [0.2, 0.25) is 0 Å². The van der Waals surface area contributed by atoms with Crippen molar-refractivity contribution in [1.29, 1.82) is 0 Å². The Morgan fingerprint density at radius 2 is 2.20 bits per heavy atom. The number of hydrogen-bond acceptors (Lipinski definition) is 5. The van der Waals surface area contributed by atoms with Crippen LogP contribution in [0.5, 0.6) is 0 Å². The van der Waals surface area contributed by atoms with E-state index < -0.39 is 0 Å². The summed E-state index contributed by atoms with van der Waals surface area (Å²) in [4.78, 5) is 8.62. The summed E-state index contributed by atoms with van der Waals surface area (Å²) in [6, 6.07) is 5.99. The Balaban J connectivity index is 1.86. The van der Waals surface area contributed by atoms with Gasteiger partial charge in [0, 0.05) is 28.2 Å². The first-order chi connectivity index (χ1) is 9.74. The van der Waals surface area contributed by atoms with Crippen molar-refractivity contribution in [3.63, 3.8) is 0 Å². The average Bonchev–Trinajstić information content (AvgIpc) is 2.94. The van der Waals surface area contributed by atoms with E-state index in [9.17, 15) is 0 Å². The lowest BCUT2D eigenvalue weighted by Crippen LogP contribution is -2.08. The van der Waals surface area contributed by atoms with Crippen molar-refractivity contribution in [2.45, 2.75) is 6.42 Å². The van der Waals surface area contributed by atoms with E-state index in [0.29, 0.717) is 5.69 Å². The molecule has 3 rings (SSSR count). The number of thiazole rings is 1. The van der Waals surface area contributed by atoms with Gasteiger partial charge in [0.1, 0.15) is 0 Å². The van der Waals surface area contributed by atoms with Gasteiger partial charge in [0.25, 0.3) is 0 Å². The summed E-state index contributed by atoms with van der Waals surface area (Å²) in [5, 5.41) is 6.49. The Morgan fingerprint density at radius 1 is 1.30 bits per heavy atom. The molecule has 0 saturated heterocycles. The molecule has 0 aliphatic heterocycles. The van der Waals surface area contributed by atoms with Crippen LogP contribution in [0.1, 0.15) is 5.69 Å². The molecular formula is C14H13BrN4S. The highest BCUT2D eigenvalue weighted by Gasteiger charge is 2.07. The Labute approximate surface area is 129 Å². The van der Waals surface area contributed by atoms with Gasteiger partial charge < -0.3 is 11.1 Å². The molecule has 0 radical (unpaired) electrons. The van der Waals surface area contributed by atoms with Crippen LogP contribution >= 0.6 is 27.3 Å². The van der Waals surface area contributed by atoms with Gasteiger partial charge in [-0.3, -0.25) is 4.98 Å². The molecule has 0 fully saturated rings. The van der Waals surface area contributed by atoms with Gasteiger partial charge in [-0.15, -0.1) is 11.3 Å². The van der Waals surface area contributed by atoms with Gasteiger partial charge >= 0.3 is 0 Å². The number of halogens is 1. The van der Waals surface area contributed by atoms with Crippen LogP contribution in [0, 0.1) is 0 Å². The molecule has 0 saturated carbocycles. The number of hydrogen-bond donors (Lipinski definition) is 2. The van der Waals surface area contributed by atoms with Crippen LogP contribution < -0.4 is 11.1 Å². The summed E-state index contributed by atoms with van der Waals surface area (Å²) in [6.07, 6.45) is 2.57. The maximum Gasteiger partial charge on any atom is 0.0794 e. The Hall–Kier alpha value is -1.66. The van der Waals surface area contributed by atoms with E-state index in [2.05, 4.69) is 36.6 Å². The Kier molecular flexibility index (Phi) is 3.84. The molecule has 0 bridgehead atoms. The molecular weight excluding hydrogens is 336 g/mol. The molecule has 4 nitrogen and oxygen atoms in total. The van der Waals surface area contributed by atoms with Crippen molar-refractivity contribution < 1.29 is 0 Å². The van der Waals surface area contributed by atoms with E-state index in [4.69, 9.17) is 5.73 Å². The van der Waals surface area contributed by atoms with Gasteiger partial charge in [-0.25, -0.2) is 4.98 Å². The van der Waals surface area contributed by atoms with Crippen LogP contribution in [-0.2, 0) is 6.42 Å².